The monoisotopic (exact) mass is 418 g/mol. The molecule has 4 aliphatic carbocycles. The predicted molar refractivity (Wildman–Crippen MR) is 119 cm³/mol. The van der Waals surface area contributed by atoms with Crippen LogP contribution in [0, 0.1) is 46.3 Å². The first kappa shape index (κ1) is 21.5. The van der Waals surface area contributed by atoms with E-state index in [4.69, 9.17) is 4.52 Å². The summed E-state index contributed by atoms with van der Waals surface area (Å²) in [6.07, 6.45) is 12.0. The molecule has 0 spiro atoms. The van der Waals surface area contributed by atoms with Crippen LogP contribution in [0.3, 0.4) is 0 Å². The molecule has 3 fully saturated rings. The number of carbonyl (C=O) groups is 2. The van der Waals surface area contributed by atoms with Crippen molar-refractivity contribution in [3.05, 3.63) is 11.6 Å². The fourth-order valence-corrected chi connectivity index (χ4v) is 8.28. The highest BCUT2D eigenvalue weighted by atomic mass is 31.0. The Labute approximate surface area is 179 Å². The lowest BCUT2D eigenvalue weighted by Crippen LogP contribution is -2.53. The van der Waals surface area contributed by atoms with Gasteiger partial charge in [0.1, 0.15) is 0 Å². The summed E-state index contributed by atoms with van der Waals surface area (Å²) < 4.78 is 4.78. The van der Waals surface area contributed by atoms with Crippen molar-refractivity contribution in [3.8, 4) is 0 Å². The summed E-state index contributed by atoms with van der Waals surface area (Å²) in [5, 5.41) is 0. The lowest BCUT2D eigenvalue weighted by molar-refractivity contribution is -0.135. The quantitative estimate of drug-likeness (QED) is 0.516. The highest BCUT2D eigenvalue weighted by molar-refractivity contribution is 7.10. The summed E-state index contributed by atoms with van der Waals surface area (Å²) in [5.74, 6) is 3.43. The van der Waals surface area contributed by atoms with Crippen LogP contribution in [0.25, 0.3) is 0 Å². The van der Waals surface area contributed by atoms with Gasteiger partial charge in [-0.05, 0) is 97.9 Å². The zero-order valence-corrected chi connectivity index (χ0v) is 19.9. The highest BCUT2D eigenvalue weighted by Crippen LogP contribution is 2.66. The van der Waals surface area contributed by atoms with E-state index >= 15 is 0 Å². The molecule has 3 nitrogen and oxygen atoms in total. The fraction of sp³-hybridized carbons (Fsp3) is 0.840. The number of carbonyl (C=O) groups excluding carboxylic acids is 2. The van der Waals surface area contributed by atoms with Crippen molar-refractivity contribution in [1.29, 1.82) is 0 Å². The summed E-state index contributed by atoms with van der Waals surface area (Å²) in [6.45, 7) is 9.59. The Morgan fingerprint density at radius 3 is 2.69 bits per heavy atom. The number of fused-ring (bicyclic) bond motifs is 5. The van der Waals surface area contributed by atoms with Crippen LogP contribution < -0.4 is 0 Å². The van der Waals surface area contributed by atoms with Gasteiger partial charge in [0.25, 0.3) is 0 Å². The Balaban J connectivity index is 1.57. The van der Waals surface area contributed by atoms with E-state index in [0.29, 0.717) is 35.9 Å². The summed E-state index contributed by atoms with van der Waals surface area (Å²) in [6, 6.07) is 0. The van der Waals surface area contributed by atoms with Crippen molar-refractivity contribution in [3.63, 3.8) is 0 Å². The molecule has 0 aromatic rings. The van der Waals surface area contributed by atoms with Crippen molar-refractivity contribution >= 4 is 21.2 Å². The van der Waals surface area contributed by atoms with Crippen LogP contribution in [-0.4, -0.2) is 11.8 Å². The summed E-state index contributed by atoms with van der Waals surface area (Å²) >= 11 is 0. The van der Waals surface area contributed by atoms with Crippen LogP contribution in [0.1, 0.15) is 85.5 Å². The van der Waals surface area contributed by atoms with E-state index in [2.05, 4.69) is 43.2 Å². The third-order valence-electron chi connectivity index (χ3n) is 9.89. The van der Waals surface area contributed by atoms with Crippen LogP contribution in [-0.2, 0) is 14.1 Å². The van der Waals surface area contributed by atoms with Gasteiger partial charge in [0.05, 0.1) is 9.47 Å². The first-order valence-corrected chi connectivity index (χ1v) is 12.3. The molecule has 4 heteroatoms. The summed E-state index contributed by atoms with van der Waals surface area (Å²) in [7, 11) is 2.07. The maximum atomic E-state index is 13.4. The van der Waals surface area contributed by atoms with E-state index < -0.39 is 0 Å². The molecule has 0 heterocycles. The predicted octanol–water partition coefficient (Wildman–Crippen LogP) is 6.13. The zero-order chi connectivity index (χ0) is 21.0. The second kappa shape index (κ2) is 7.77. The second-order valence-electron chi connectivity index (χ2n) is 11.3. The van der Waals surface area contributed by atoms with Crippen LogP contribution in [0.5, 0.6) is 0 Å². The highest BCUT2D eigenvalue weighted by Gasteiger charge is 2.61. The van der Waals surface area contributed by atoms with E-state index in [1.54, 1.807) is 0 Å². The maximum absolute atomic E-state index is 13.4. The van der Waals surface area contributed by atoms with Gasteiger partial charge in [-0.3, -0.25) is 9.59 Å². The minimum Gasteiger partial charge on any atom is -0.452 e. The number of rotatable bonds is 4. The maximum Gasteiger partial charge on any atom is 0.307 e. The Bertz CT molecular complexity index is 715. The fourth-order valence-electron chi connectivity index (χ4n) is 8.16. The van der Waals surface area contributed by atoms with Gasteiger partial charge in [-0.25, -0.2) is 0 Å². The standard InChI is InChI=1S/C25H39O3P/c1-15-9-11-24(3)17(13-15)14-21(26)23-19-7-6-18(16(2)5-8-22(27)28-29)25(19,4)12-10-20(23)24/h14-16,18-20,23H,5-13,29H2,1-4H3/t15-,16-,18-,19?,20?,23?,24+,25-/m1/s1. The van der Waals surface area contributed by atoms with Crippen molar-refractivity contribution in [2.45, 2.75) is 85.5 Å². The van der Waals surface area contributed by atoms with Crippen LogP contribution in [0.2, 0.25) is 0 Å². The molecule has 0 saturated heterocycles. The molecule has 0 radical (unpaired) electrons. The number of hydrogen-bond acceptors (Lipinski definition) is 3. The molecule has 162 valence electrons. The van der Waals surface area contributed by atoms with Crippen molar-refractivity contribution in [2.24, 2.45) is 46.3 Å². The average Bonchev–Trinajstić information content (AvgIpc) is 3.04. The van der Waals surface area contributed by atoms with Crippen LogP contribution >= 0.6 is 9.47 Å². The molecule has 0 aromatic heterocycles. The Hall–Kier alpha value is -0.690. The van der Waals surface area contributed by atoms with Gasteiger partial charge in [-0.1, -0.05) is 33.3 Å². The number of allylic oxidation sites excluding steroid dienone is 2. The lowest BCUT2D eigenvalue weighted by atomic mass is 9.46. The van der Waals surface area contributed by atoms with Crippen molar-refractivity contribution in [2.75, 3.05) is 0 Å². The van der Waals surface area contributed by atoms with Crippen LogP contribution in [0.4, 0.5) is 0 Å². The molecule has 4 rings (SSSR count). The van der Waals surface area contributed by atoms with Gasteiger partial charge in [0.15, 0.2) is 5.78 Å². The molecule has 0 aromatic carbocycles. The van der Waals surface area contributed by atoms with Gasteiger partial charge >= 0.3 is 5.97 Å². The van der Waals surface area contributed by atoms with E-state index in [1.165, 1.54) is 44.1 Å². The molecule has 0 aliphatic heterocycles. The Kier molecular flexibility index (Phi) is 5.77. The van der Waals surface area contributed by atoms with E-state index in [9.17, 15) is 9.59 Å². The minimum absolute atomic E-state index is 0.134. The van der Waals surface area contributed by atoms with Crippen LogP contribution in [0.15, 0.2) is 11.6 Å². The molecular weight excluding hydrogens is 379 g/mol. The summed E-state index contributed by atoms with van der Waals surface area (Å²) in [4.78, 5) is 25.0. The minimum atomic E-state index is -0.134. The third kappa shape index (κ3) is 3.44. The normalized spacial score (nSPS) is 44.9. The first-order chi connectivity index (χ1) is 13.7. The van der Waals surface area contributed by atoms with Gasteiger partial charge in [0.2, 0.25) is 0 Å². The SMILES string of the molecule is C[C@@H]1CC[C@@]2(C)C(=CC(=O)C3C2CC[C@@]2(C)C3CC[C@@H]2[C@H](C)CCC(=O)OP)C1. The van der Waals surface area contributed by atoms with Gasteiger partial charge in [-0.2, -0.15) is 0 Å². The molecule has 0 N–H and O–H groups in total. The van der Waals surface area contributed by atoms with Gasteiger partial charge in [-0.15, -0.1) is 0 Å². The zero-order valence-electron chi connectivity index (χ0n) is 18.7. The topological polar surface area (TPSA) is 43.4 Å². The number of ketones is 1. The van der Waals surface area contributed by atoms with Crippen molar-refractivity contribution < 1.29 is 14.1 Å². The Morgan fingerprint density at radius 2 is 1.97 bits per heavy atom. The molecular formula is C25H39O3P. The Morgan fingerprint density at radius 1 is 1.21 bits per heavy atom. The summed E-state index contributed by atoms with van der Waals surface area (Å²) in [5.41, 5.74) is 1.95. The van der Waals surface area contributed by atoms with E-state index in [-0.39, 0.29) is 22.7 Å². The van der Waals surface area contributed by atoms with Gasteiger partial charge < -0.3 is 4.52 Å². The molecule has 3 saturated carbocycles. The lowest BCUT2D eigenvalue weighted by Gasteiger charge is -2.57. The molecule has 4 unspecified atom stereocenters. The van der Waals surface area contributed by atoms with Crippen molar-refractivity contribution in [1.82, 2.24) is 0 Å². The van der Waals surface area contributed by atoms with E-state index in [0.717, 1.165) is 18.8 Å². The molecule has 4 aliphatic rings. The first-order valence-electron chi connectivity index (χ1n) is 11.8. The van der Waals surface area contributed by atoms with Gasteiger partial charge in [0, 0.05) is 12.3 Å². The second-order valence-corrected chi connectivity index (χ2v) is 11.5. The average molecular weight is 419 g/mol. The molecule has 9 atom stereocenters. The molecule has 0 bridgehead atoms. The smallest absolute Gasteiger partial charge is 0.307 e. The van der Waals surface area contributed by atoms with E-state index in [1.807, 2.05) is 0 Å². The molecule has 29 heavy (non-hydrogen) atoms. The largest absolute Gasteiger partial charge is 0.452 e. The third-order valence-corrected chi connectivity index (χ3v) is 10.2. The molecule has 0 amide bonds. The number of hydrogen-bond donors (Lipinski definition) is 0.